The Morgan fingerprint density at radius 3 is 2.61 bits per heavy atom. The number of hydrogen-bond donors (Lipinski definition) is 0. The molecule has 2 aromatic carbocycles. The first kappa shape index (κ1) is 19.4. The van der Waals surface area contributed by atoms with Gasteiger partial charge in [-0.05, 0) is 43.2 Å². The van der Waals surface area contributed by atoms with E-state index in [2.05, 4.69) is 5.10 Å². The second-order valence-corrected chi connectivity index (χ2v) is 6.68. The number of benzene rings is 2. The van der Waals surface area contributed by atoms with E-state index in [1.165, 1.54) is 0 Å². The van der Waals surface area contributed by atoms with Crippen molar-refractivity contribution in [2.24, 2.45) is 0 Å². The maximum absolute atomic E-state index is 12.3. The number of rotatable bonds is 8. The van der Waals surface area contributed by atoms with Gasteiger partial charge in [-0.1, -0.05) is 42.5 Å². The van der Waals surface area contributed by atoms with Gasteiger partial charge in [-0.15, -0.1) is 0 Å². The molecular weight excluding hydrogens is 352 g/mol. The molecule has 28 heavy (non-hydrogen) atoms. The lowest BCUT2D eigenvalue weighted by molar-refractivity contribution is 0.104. The highest BCUT2D eigenvalue weighted by atomic mass is 16.5. The first-order valence-corrected chi connectivity index (χ1v) is 9.18. The van der Waals surface area contributed by atoms with E-state index in [9.17, 15) is 4.79 Å². The van der Waals surface area contributed by atoms with Crippen molar-refractivity contribution < 1.29 is 14.3 Å². The molecule has 0 aliphatic carbocycles. The van der Waals surface area contributed by atoms with Crippen LogP contribution in [-0.2, 0) is 6.61 Å². The summed E-state index contributed by atoms with van der Waals surface area (Å²) in [5.41, 5.74) is 2.51. The Kier molecular flexibility index (Phi) is 6.27. The highest BCUT2D eigenvalue weighted by Crippen LogP contribution is 2.29. The molecule has 0 radical (unpaired) electrons. The van der Waals surface area contributed by atoms with Crippen LogP contribution in [0.3, 0.4) is 0 Å². The summed E-state index contributed by atoms with van der Waals surface area (Å²) in [5, 5.41) is 4.20. The van der Waals surface area contributed by atoms with E-state index in [1.54, 1.807) is 36.3 Å². The first-order chi connectivity index (χ1) is 13.6. The van der Waals surface area contributed by atoms with Gasteiger partial charge in [-0.25, -0.2) is 0 Å². The van der Waals surface area contributed by atoms with E-state index in [0.29, 0.717) is 23.7 Å². The molecule has 1 heterocycles. The number of ketones is 1. The zero-order valence-corrected chi connectivity index (χ0v) is 16.3. The minimum absolute atomic E-state index is 0.0877. The molecule has 0 fully saturated rings. The van der Waals surface area contributed by atoms with E-state index in [4.69, 9.17) is 9.47 Å². The van der Waals surface area contributed by atoms with Crippen molar-refractivity contribution in [3.05, 3.63) is 83.7 Å². The van der Waals surface area contributed by atoms with Gasteiger partial charge in [0.05, 0.1) is 18.9 Å². The van der Waals surface area contributed by atoms with Gasteiger partial charge in [0.2, 0.25) is 0 Å². The van der Waals surface area contributed by atoms with E-state index in [-0.39, 0.29) is 11.8 Å². The van der Waals surface area contributed by atoms with E-state index in [1.807, 2.05) is 62.4 Å². The molecule has 144 valence electrons. The average Bonchev–Trinajstić information content (AvgIpc) is 3.22. The molecule has 0 atom stereocenters. The number of nitrogens with zero attached hydrogens (tertiary/aromatic N) is 2. The Morgan fingerprint density at radius 2 is 1.93 bits per heavy atom. The molecule has 3 rings (SSSR count). The molecule has 5 nitrogen and oxygen atoms in total. The molecule has 0 spiro atoms. The topological polar surface area (TPSA) is 53.3 Å². The molecule has 0 saturated carbocycles. The third kappa shape index (κ3) is 4.88. The summed E-state index contributed by atoms with van der Waals surface area (Å²) in [7, 11) is 1.60. The van der Waals surface area contributed by atoms with Crippen LogP contribution in [0.25, 0.3) is 6.08 Å². The quantitative estimate of drug-likeness (QED) is 0.412. The largest absolute Gasteiger partial charge is 0.493 e. The second kappa shape index (κ2) is 9.04. The van der Waals surface area contributed by atoms with Crippen molar-refractivity contribution in [2.45, 2.75) is 26.5 Å². The maximum atomic E-state index is 12.3. The standard InChI is InChI=1S/C23H24N2O3/c1-17(2)25-15-20(14-24-25)21(26)11-9-18-10-12-22(23(13-18)27-3)28-16-19-7-5-4-6-8-19/h4-15,17H,16H2,1-3H3. The number of ether oxygens (including phenoxy) is 2. The number of carbonyl (C=O) groups is 1. The molecular formula is C23H24N2O3. The Morgan fingerprint density at radius 1 is 1.14 bits per heavy atom. The third-order valence-corrected chi connectivity index (χ3v) is 4.27. The van der Waals surface area contributed by atoms with Crippen LogP contribution in [-0.4, -0.2) is 22.7 Å². The molecule has 3 aromatic rings. The lowest BCUT2D eigenvalue weighted by Crippen LogP contribution is -2.00. The van der Waals surface area contributed by atoms with Gasteiger partial charge in [-0.3, -0.25) is 9.48 Å². The Balaban J connectivity index is 1.68. The predicted octanol–water partition coefficient (Wildman–Crippen LogP) is 4.95. The molecule has 0 saturated heterocycles. The first-order valence-electron chi connectivity index (χ1n) is 9.18. The summed E-state index contributed by atoms with van der Waals surface area (Å²) in [6.45, 7) is 4.50. The Labute approximate surface area is 165 Å². The summed E-state index contributed by atoms with van der Waals surface area (Å²) >= 11 is 0. The molecule has 1 aromatic heterocycles. The number of allylic oxidation sites excluding steroid dienone is 1. The summed E-state index contributed by atoms with van der Waals surface area (Å²) in [5.74, 6) is 1.20. The van der Waals surface area contributed by atoms with Crippen LogP contribution < -0.4 is 9.47 Å². The van der Waals surface area contributed by atoms with Crippen molar-refractivity contribution in [1.29, 1.82) is 0 Å². The normalized spacial score (nSPS) is 11.1. The van der Waals surface area contributed by atoms with Crippen LogP contribution in [0.15, 0.2) is 67.0 Å². The minimum Gasteiger partial charge on any atom is -0.493 e. The molecule has 5 heteroatoms. The molecule has 0 aliphatic heterocycles. The van der Waals surface area contributed by atoms with Crippen LogP contribution in [0, 0.1) is 0 Å². The van der Waals surface area contributed by atoms with Crippen LogP contribution in [0.2, 0.25) is 0 Å². The summed E-state index contributed by atoms with van der Waals surface area (Å²) in [6.07, 6.45) is 6.66. The highest BCUT2D eigenvalue weighted by Gasteiger charge is 2.08. The zero-order chi connectivity index (χ0) is 19.9. The van der Waals surface area contributed by atoms with Crippen molar-refractivity contribution in [3.63, 3.8) is 0 Å². The van der Waals surface area contributed by atoms with Gasteiger partial charge in [0.1, 0.15) is 6.61 Å². The average molecular weight is 376 g/mol. The number of carbonyl (C=O) groups excluding carboxylic acids is 1. The lowest BCUT2D eigenvalue weighted by Gasteiger charge is -2.11. The van der Waals surface area contributed by atoms with Crippen LogP contribution >= 0.6 is 0 Å². The van der Waals surface area contributed by atoms with Crippen molar-refractivity contribution in [3.8, 4) is 11.5 Å². The smallest absolute Gasteiger partial charge is 0.189 e. The van der Waals surface area contributed by atoms with Crippen molar-refractivity contribution in [2.75, 3.05) is 7.11 Å². The van der Waals surface area contributed by atoms with Crippen LogP contribution in [0.4, 0.5) is 0 Å². The van der Waals surface area contributed by atoms with Gasteiger partial charge in [0.25, 0.3) is 0 Å². The fourth-order valence-electron chi connectivity index (χ4n) is 2.66. The van der Waals surface area contributed by atoms with Crippen LogP contribution in [0.5, 0.6) is 11.5 Å². The fraction of sp³-hybridized carbons (Fsp3) is 0.217. The fourth-order valence-corrected chi connectivity index (χ4v) is 2.66. The number of methoxy groups -OCH3 is 1. The van der Waals surface area contributed by atoms with E-state index < -0.39 is 0 Å². The predicted molar refractivity (Wildman–Crippen MR) is 110 cm³/mol. The monoisotopic (exact) mass is 376 g/mol. The molecule has 0 amide bonds. The molecule has 0 aliphatic rings. The highest BCUT2D eigenvalue weighted by molar-refractivity contribution is 6.06. The van der Waals surface area contributed by atoms with Crippen molar-refractivity contribution >= 4 is 11.9 Å². The van der Waals surface area contributed by atoms with Gasteiger partial charge in [-0.2, -0.15) is 5.10 Å². The molecule has 0 unspecified atom stereocenters. The van der Waals surface area contributed by atoms with Crippen LogP contribution in [0.1, 0.15) is 41.4 Å². The maximum Gasteiger partial charge on any atom is 0.189 e. The summed E-state index contributed by atoms with van der Waals surface area (Å²) in [6, 6.07) is 15.8. The Bertz CT molecular complexity index is 959. The lowest BCUT2D eigenvalue weighted by atomic mass is 10.1. The third-order valence-electron chi connectivity index (χ3n) is 4.27. The SMILES string of the molecule is COc1cc(C=CC(=O)c2cnn(C(C)C)c2)ccc1OCc1ccccc1. The van der Waals surface area contributed by atoms with E-state index >= 15 is 0 Å². The van der Waals surface area contributed by atoms with Gasteiger partial charge < -0.3 is 9.47 Å². The second-order valence-electron chi connectivity index (χ2n) is 6.68. The van der Waals surface area contributed by atoms with Gasteiger partial charge in [0, 0.05) is 12.2 Å². The summed E-state index contributed by atoms with van der Waals surface area (Å²) < 4.78 is 13.1. The zero-order valence-electron chi connectivity index (χ0n) is 16.3. The van der Waals surface area contributed by atoms with Crippen molar-refractivity contribution in [1.82, 2.24) is 9.78 Å². The number of hydrogen-bond acceptors (Lipinski definition) is 4. The number of aromatic nitrogens is 2. The minimum atomic E-state index is -0.0877. The van der Waals surface area contributed by atoms with Gasteiger partial charge in [0.15, 0.2) is 17.3 Å². The van der Waals surface area contributed by atoms with E-state index in [0.717, 1.165) is 11.1 Å². The molecule has 0 bridgehead atoms. The summed E-state index contributed by atoms with van der Waals surface area (Å²) in [4.78, 5) is 12.3. The van der Waals surface area contributed by atoms with Gasteiger partial charge >= 0.3 is 0 Å². The Hall–Kier alpha value is -3.34. The molecule has 0 N–H and O–H groups in total.